The van der Waals surface area contributed by atoms with Gasteiger partial charge in [-0.05, 0) is 6.42 Å². The van der Waals surface area contributed by atoms with E-state index >= 15 is 0 Å². The molecule has 0 spiro atoms. The maximum Gasteiger partial charge on any atom is 0.457 e. The lowest BCUT2D eigenvalue weighted by atomic mass is 10.2. The van der Waals surface area contributed by atoms with E-state index in [0.29, 0.717) is 6.42 Å². The molecule has 1 aliphatic heterocycles. The SMILES string of the molecule is CCCN1N=CN(C)C1C(F)(F)C(F)(F)F. The highest BCUT2D eigenvalue weighted by Gasteiger charge is 2.66. The molecule has 0 saturated heterocycles. The maximum absolute atomic E-state index is 13.2. The van der Waals surface area contributed by atoms with Crippen molar-refractivity contribution >= 4 is 6.34 Å². The Labute approximate surface area is 89.5 Å². The van der Waals surface area contributed by atoms with E-state index in [1.807, 2.05) is 0 Å². The van der Waals surface area contributed by atoms with Crippen molar-refractivity contribution in [2.24, 2.45) is 5.10 Å². The molecular weight excluding hydrogens is 233 g/mol. The molecule has 0 radical (unpaired) electrons. The van der Waals surface area contributed by atoms with E-state index in [1.54, 1.807) is 6.92 Å². The van der Waals surface area contributed by atoms with E-state index in [1.165, 1.54) is 0 Å². The lowest BCUT2D eigenvalue weighted by Crippen LogP contribution is -2.58. The highest BCUT2D eigenvalue weighted by atomic mass is 19.4. The average molecular weight is 245 g/mol. The van der Waals surface area contributed by atoms with Crippen LogP contribution in [-0.2, 0) is 0 Å². The fraction of sp³-hybridized carbons (Fsp3) is 0.875. The Hall–Kier alpha value is -1.08. The van der Waals surface area contributed by atoms with E-state index in [2.05, 4.69) is 5.10 Å². The van der Waals surface area contributed by atoms with Crippen molar-refractivity contribution in [1.29, 1.82) is 0 Å². The minimum Gasteiger partial charge on any atom is -0.337 e. The fourth-order valence-corrected chi connectivity index (χ4v) is 1.48. The zero-order chi connectivity index (χ0) is 12.6. The zero-order valence-electron chi connectivity index (χ0n) is 8.80. The second-order valence-corrected chi connectivity index (χ2v) is 3.55. The molecule has 0 bridgehead atoms. The van der Waals surface area contributed by atoms with Crippen molar-refractivity contribution in [3.63, 3.8) is 0 Å². The molecule has 0 saturated carbocycles. The summed E-state index contributed by atoms with van der Waals surface area (Å²) in [7, 11) is 1.14. The van der Waals surface area contributed by atoms with Gasteiger partial charge in [-0.25, -0.2) is 0 Å². The van der Waals surface area contributed by atoms with E-state index in [-0.39, 0.29) is 6.54 Å². The average Bonchev–Trinajstić information content (AvgIpc) is 2.46. The standard InChI is InChI=1S/C8H12F5N3/c1-3-4-16-6(15(2)5-14-16)7(9,10)8(11,12)13/h5-6H,3-4H2,1-2H3. The summed E-state index contributed by atoms with van der Waals surface area (Å²) in [4.78, 5) is 0.767. The summed E-state index contributed by atoms with van der Waals surface area (Å²) in [6.07, 6.45) is -6.26. The molecule has 3 nitrogen and oxygen atoms in total. The quantitative estimate of drug-likeness (QED) is 0.709. The van der Waals surface area contributed by atoms with E-state index in [9.17, 15) is 22.0 Å². The van der Waals surface area contributed by atoms with Crippen LogP contribution in [0, 0.1) is 0 Å². The Morgan fingerprint density at radius 2 is 1.81 bits per heavy atom. The first-order valence-corrected chi connectivity index (χ1v) is 4.69. The van der Waals surface area contributed by atoms with Crippen molar-refractivity contribution in [2.75, 3.05) is 13.6 Å². The molecule has 0 aromatic heterocycles. The van der Waals surface area contributed by atoms with Gasteiger partial charge in [0.1, 0.15) is 6.34 Å². The third kappa shape index (κ3) is 2.05. The second-order valence-electron chi connectivity index (χ2n) is 3.55. The molecule has 1 heterocycles. The van der Waals surface area contributed by atoms with Crippen LogP contribution in [-0.4, -0.2) is 48.1 Å². The Kier molecular flexibility index (Phi) is 3.30. The molecule has 8 heteroatoms. The van der Waals surface area contributed by atoms with Gasteiger partial charge in [0.2, 0.25) is 0 Å². The molecule has 0 fully saturated rings. The molecule has 1 atom stereocenters. The summed E-state index contributed by atoms with van der Waals surface area (Å²) < 4.78 is 63.0. The molecule has 0 amide bonds. The van der Waals surface area contributed by atoms with E-state index < -0.39 is 18.3 Å². The number of nitrogens with zero attached hydrogens (tertiary/aromatic N) is 3. The third-order valence-corrected chi connectivity index (χ3v) is 2.21. The van der Waals surface area contributed by atoms with Crippen molar-refractivity contribution in [2.45, 2.75) is 31.6 Å². The summed E-state index contributed by atoms with van der Waals surface area (Å²) >= 11 is 0. The maximum atomic E-state index is 13.2. The van der Waals surface area contributed by atoms with Gasteiger partial charge in [0.25, 0.3) is 0 Å². The lowest BCUT2D eigenvalue weighted by molar-refractivity contribution is -0.313. The fourth-order valence-electron chi connectivity index (χ4n) is 1.48. The zero-order valence-corrected chi connectivity index (χ0v) is 8.80. The molecule has 0 aromatic carbocycles. The molecule has 0 aromatic rings. The smallest absolute Gasteiger partial charge is 0.337 e. The van der Waals surface area contributed by atoms with Crippen LogP contribution >= 0.6 is 0 Å². The topological polar surface area (TPSA) is 18.8 Å². The highest BCUT2D eigenvalue weighted by Crippen LogP contribution is 2.41. The number of hydrazone groups is 1. The van der Waals surface area contributed by atoms with Gasteiger partial charge in [-0.2, -0.15) is 27.1 Å². The molecule has 0 N–H and O–H groups in total. The number of halogens is 5. The lowest BCUT2D eigenvalue weighted by Gasteiger charge is -2.35. The van der Waals surface area contributed by atoms with Crippen LogP contribution in [0.15, 0.2) is 5.10 Å². The summed E-state index contributed by atoms with van der Waals surface area (Å²) in [6.45, 7) is 1.73. The van der Waals surface area contributed by atoms with Gasteiger partial charge < -0.3 is 4.90 Å². The third-order valence-electron chi connectivity index (χ3n) is 2.21. The number of rotatable bonds is 3. The summed E-state index contributed by atoms with van der Waals surface area (Å²) in [6, 6.07) is 0. The number of alkyl halides is 5. The van der Waals surface area contributed by atoms with Crippen LogP contribution < -0.4 is 0 Å². The van der Waals surface area contributed by atoms with Gasteiger partial charge in [0.15, 0.2) is 6.17 Å². The molecule has 1 rings (SSSR count). The monoisotopic (exact) mass is 245 g/mol. The van der Waals surface area contributed by atoms with Crippen LogP contribution in [0.1, 0.15) is 13.3 Å². The number of hydrogen-bond acceptors (Lipinski definition) is 3. The van der Waals surface area contributed by atoms with Crippen molar-refractivity contribution in [3.05, 3.63) is 0 Å². The van der Waals surface area contributed by atoms with Crippen LogP contribution in [0.3, 0.4) is 0 Å². The first-order chi connectivity index (χ1) is 7.21. The predicted octanol–water partition coefficient (Wildman–Crippen LogP) is 2.11. The Balaban J connectivity index is 2.93. The first-order valence-electron chi connectivity index (χ1n) is 4.69. The minimum atomic E-state index is -5.58. The molecule has 0 aliphatic carbocycles. The van der Waals surface area contributed by atoms with Crippen molar-refractivity contribution in [1.82, 2.24) is 9.91 Å². The number of hydrogen-bond donors (Lipinski definition) is 0. The molecule has 16 heavy (non-hydrogen) atoms. The Morgan fingerprint density at radius 1 is 1.25 bits per heavy atom. The summed E-state index contributed by atoms with van der Waals surface area (Å²) in [5.41, 5.74) is 0. The second kappa shape index (κ2) is 4.06. The van der Waals surface area contributed by atoms with Crippen LogP contribution in [0.5, 0.6) is 0 Å². The molecular formula is C8H12F5N3. The Bertz CT molecular complexity index is 275. The molecule has 1 aliphatic rings. The van der Waals surface area contributed by atoms with Gasteiger partial charge in [-0.1, -0.05) is 6.92 Å². The molecule has 94 valence electrons. The van der Waals surface area contributed by atoms with Crippen LogP contribution in [0.4, 0.5) is 22.0 Å². The van der Waals surface area contributed by atoms with Gasteiger partial charge in [-0.3, -0.25) is 5.01 Å². The van der Waals surface area contributed by atoms with Gasteiger partial charge >= 0.3 is 12.1 Å². The Morgan fingerprint density at radius 3 is 2.25 bits per heavy atom. The first kappa shape index (κ1) is 13.0. The predicted molar refractivity (Wildman–Crippen MR) is 48.0 cm³/mol. The van der Waals surface area contributed by atoms with Gasteiger partial charge in [0, 0.05) is 13.6 Å². The van der Waals surface area contributed by atoms with E-state index in [0.717, 1.165) is 23.3 Å². The minimum absolute atomic E-state index is 0.0528. The van der Waals surface area contributed by atoms with Crippen LogP contribution in [0.25, 0.3) is 0 Å². The molecule has 1 unspecified atom stereocenters. The largest absolute Gasteiger partial charge is 0.457 e. The summed E-state index contributed by atoms with van der Waals surface area (Å²) in [5, 5.41) is 4.28. The van der Waals surface area contributed by atoms with Crippen molar-refractivity contribution in [3.8, 4) is 0 Å². The van der Waals surface area contributed by atoms with Crippen LogP contribution in [0.2, 0.25) is 0 Å². The van der Waals surface area contributed by atoms with Gasteiger partial charge in [0.05, 0.1) is 0 Å². The van der Waals surface area contributed by atoms with E-state index in [4.69, 9.17) is 0 Å². The normalized spacial score (nSPS) is 22.1. The highest BCUT2D eigenvalue weighted by molar-refractivity contribution is 5.57. The van der Waals surface area contributed by atoms with Gasteiger partial charge in [-0.15, -0.1) is 0 Å². The summed E-state index contributed by atoms with van der Waals surface area (Å²) in [5.74, 6) is -4.81. The van der Waals surface area contributed by atoms with Crippen molar-refractivity contribution < 1.29 is 22.0 Å².